The molecule has 67 heavy (non-hydrogen) atoms. The molecule has 0 fully saturated rings. The zero-order valence-corrected chi connectivity index (χ0v) is 37.4. The zero-order valence-electron chi connectivity index (χ0n) is 36.6. The van der Waals surface area contributed by atoms with E-state index in [4.69, 9.17) is 0 Å². The number of hydrogen-bond donors (Lipinski definition) is 0. The van der Waals surface area contributed by atoms with E-state index in [1.54, 1.807) is 0 Å². The van der Waals surface area contributed by atoms with Crippen LogP contribution in [0.4, 0.5) is 17.1 Å². The van der Waals surface area contributed by atoms with Gasteiger partial charge >= 0.3 is 0 Å². The van der Waals surface area contributed by atoms with Crippen LogP contribution in [0.25, 0.3) is 103 Å². The molecule has 13 rings (SSSR count). The van der Waals surface area contributed by atoms with Crippen molar-refractivity contribution in [2.75, 3.05) is 4.90 Å². The highest BCUT2D eigenvalue weighted by Crippen LogP contribution is 2.49. The first kappa shape index (κ1) is 38.9. The fourth-order valence-corrected chi connectivity index (χ4v) is 11.5. The third-order valence-corrected chi connectivity index (χ3v) is 14.6. The van der Waals surface area contributed by atoms with Crippen molar-refractivity contribution >= 4 is 81.0 Å². The standard InChI is InChI=1S/C64H42N2S/c1-4-17-43(18-5-1)44-31-37-49(38-32-44)65(58-29-16-28-57-54-25-14-15-30-59(54)67-64(57)58)50-39-33-45(34-40-50)46-35-41-51(42-36-46)66-62(48-21-8-3-9-22-48)60(47-19-6-2-7-20-47)61-55-26-12-10-23-52(55)53-24-11-13-27-56(53)63(61)66/h1-42H. The minimum absolute atomic E-state index is 1.11. The molecule has 0 aliphatic rings. The van der Waals surface area contributed by atoms with Crippen LogP contribution in [-0.2, 0) is 0 Å². The van der Waals surface area contributed by atoms with E-state index >= 15 is 0 Å². The second-order valence-corrected chi connectivity index (χ2v) is 18.3. The highest BCUT2D eigenvalue weighted by atomic mass is 32.1. The van der Waals surface area contributed by atoms with Crippen molar-refractivity contribution in [3.63, 3.8) is 0 Å². The second-order valence-electron chi connectivity index (χ2n) is 17.2. The monoisotopic (exact) mass is 870 g/mol. The van der Waals surface area contributed by atoms with Crippen LogP contribution >= 0.6 is 11.3 Å². The van der Waals surface area contributed by atoms with Crippen LogP contribution in [0.5, 0.6) is 0 Å². The molecule has 2 aromatic heterocycles. The van der Waals surface area contributed by atoms with Crippen LogP contribution in [0.3, 0.4) is 0 Å². The van der Waals surface area contributed by atoms with E-state index in [1.165, 1.54) is 91.8 Å². The molecule has 0 atom stereocenters. The first-order valence-corrected chi connectivity index (χ1v) is 23.7. The van der Waals surface area contributed by atoms with Gasteiger partial charge < -0.3 is 9.47 Å². The average Bonchev–Trinajstić information content (AvgIpc) is 3.98. The molecule has 0 saturated carbocycles. The van der Waals surface area contributed by atoms with Gasteiger partial charge in [-0.3, -0.25) is 0 Å². The summed E-state index contributed by atoms with van der Waals surface area (Å²) >= 11 is 1.86. The lowest BCUT2D eigenvalue weighted by molar-refractivity contribution is 1.14. The van der Waals surface area contributed by atoms with Gasteiger partial charge in [-0.25, -0.2) is 0 Å². The fraction of sp³-hybridized carbons (Fsp3) is 0. The first-order valence-electron chi connectivity index (χ1n) is 22.9. The van der Waals surface area contributed by atoms with Crippen molar-refractivity contribution in [3.05, 3.63) is 255 Å². The van der Waals surface area contributed by atoms with E-state index in [9.17, 15) is 0 Å². The van der Waals surface area contributed by atoms with E-state index < -0.39 is 0 Å². The molecule has 0 aliphatic heterocycles. The molecule has 0 aliphatic carbocycles. The van der Waals surface area contributed by atoms with Crippen molar-refractivity contribution in [1.29, 1.82) is 0 Å². The smallest absolute Gasteiger partial charge is 0.0640 e. The van der Waals surface area contributed by atoms with Crippen LogP contribution in [0, 0.1) is 0 Å². The first-order chi connectivity index (χ1) is 33.3. The molecular formula is C64H42N2S. The van der Waals surface area contributed by atoms with Gasteiger partial charge in [-0.15, -0.1) is 11.3 Å². The van der Waals surface area contributed by atoms with E-state index in [0.29, 0.717) is 0 Å². The van der Waals surface area contributed by atoms with Gasteiger partial charge in [0.05, 0.1) is 21.6 Å². The number of hydrogen-bond acceptors (Lipinski definition) is 2. The summed E-state index contributed by atoms with van der Waals surface area (Å²) in [5, 5.41) is 8.86. The maximum Gasteiger partial charge on any atom is 0.0640 e. The Bertz CT molecular complexity index is 3930. The summed E-state index contributed by atoms with van der Waals surface area (Å²) in [4.78, 5) is 2.42. The maximum absolute atomic E-state index is 2.52. The predicted molar refractivity (Wildman–Crippen MR) is 288 cm³/mol. The lowest BCUT2D eigenvalue weighted by Crippen LogP contribution is -2.10. The summed E-state index contributed by atoms with van der Waals surface area (Å²) in [6, 6.07) is 93.0. The number of thiophene rings is 1. The second kappa shape index (κ2) is 16.2. The summed E-state index contributed by atoms with van der Waals surface area (Å²) in [6.07, 6.45) is 0. The molecular weight excluding hydrogens is 829 g/mol. The zero-order chi connectivity index (χ0) is 44.3. The Morgan fingerprint density at radius 3 is 1.37 bits per heavy atom. The Balaban J connectivity index is 0.953. The molecule has 314 valence electrons. The van der Waals surface area contributed by atoms with Crippen LogP contribution in [0.1, 0.15) is 0 Å². The van der Waals surface area contributed by atoms with Gasteiger partial charge in [0.1, 0.15) is 0 Å². The van der Waals surface area contributed by atoms with Crippen LogP contribution in [0.15, 0.2) is 255 Å². The van der Waals surface area contributed by atoms with Crippen molar-refractivity contribution in [3.8, 4) is 50.3 Å². The quantitative estimate of drug-likeness (QED) is 0.138. The summed E-state index contributed by atoms with van der Waals surface area (Å²) in [7, 11) is 0. The van der Waals surface area contributed by atoms with E-state index in [2.05, 4.69) is 264 Å². The number of benzene rings is 11. The maximum atomic E-state index is 2.52. The molecule has 0 unspecified atom stereocenters. The molecule has 0 bridgehead atoms. The highest BCUT2D eigenvalue weighted by Gasteiger charge is 2.26. The fourth-order valence-electron chi connectivity index (χ4n) is 10.3. The summed E-state index contributed by atoms with van der Waals surface area (Å²) in [5.41, 5.74) is 15.3. The van der Waals surface area contributed by atoms with Gasteiger partial charge in [0.15, 0.2) is 0 Å². The molecule has 2 nitrogen and oxygen atoms in total. The van der Waals surface area contributed by atoms with Crippen LogP contribution in [-0.4, -0.2) is 4.57 Å². The Labute approximate surface area is 393 Å². The minimum atomic E-state index is 1.11. The summed E-state index contributed by atoms with van der Waals surface area (Å²) < 4.78 is 5.09. The molecule has 0 radical (unpaired) electrons. The third-order valence-electron chi connectivity index (χ3n) is 13.4. The average molecular weight is 871 g/mol. The highest BCUT2D eigenvalue weighted by molar-refractivity contribution is 7.26. The van der Waals surface area contributed by atoms with Gasteiger partial charge in [0.2, 0.25) is 0 Å². The Hall–Kier alpha value is -8.50. The van der Waals surface area contributed by atoms with Crippen molar-refractivity contribution in [1.82, 2.24) is 4.57 Å². The number of anilines is 3. The third kappa shape index (κ3) is 6.55. The molecule has 3 heteroatoms. The predicted octanol–water partition coefficient (Wildman–Crippen LogP) is 18.4. The Morgan fingerprint density at radius 2 is 0.761 bits per heavy atom. The number of nitrogens with zero attached hydrogens (tertiary/aromatic N) is 2. The normalized spacial score (nSPS) is 11.6. The number of fused-ring (bicyclic) bond motifs is 9. The molecule has 11 aromatic carbocycles. The minimum Gasteiger partial charge on any atom is -0.309 e. The molecule has 13 aromatic rings. The van der Waals surface area contributed by atoms with E-state index in [0.717, 1.165) is 28.2 Å². The van der Waals surface area contributed by atoms with Crippen LogP contribution < -0.4 is 4.90 Å². The summed E-state index contributed by atoms with van der Waals surface area (Å²) in [5.74, 6) is 0. The van der Waals surface area contributed by atoms with Crippen molar-refractivity contribution < 1.29 is 0 Å². The molecule has 2 heterocycles. The molecule has 0 N–H and O–H groups in total. The molecule has 0 amide bonds. The van der Waals surface area contributed by atoms with Crippen LogP contribution in [0.2, 0.25) is 0 Å². The molecule has 0 spiro atoms. The summed E-state index contributed by atoms with van der Waals surface area (Å²) in [6.45, 7) is 0. The number of rotatable bonds is 8. The molecule has 0 saturated heterocycles. The Morgan fingerprint density at radius 1 is 0.313 bits per heavy atom. The van der Waals surface area contributed by atoms with Gasteiger partial charge in [-0.1, -0.05) is 206 Å². The van der Waals surface area contributed by atoms with Gasteiger partial charge in [-0.2, -0.15) is 0 Å². The Kier molecular flexibility index (Phi) is 9.40. The SMILES string of the molecule is c1ccc(-c2ccc(N(c3ccc(-c4ccc(-n5c(-c6ccccc6)c(-c6ccccc6)c6c7ccccc7c7ccccc7c65)cc4)cc3)c3cccc4c3sc3ccccc34)cc2)cc1. The lowest BCUT2D eigenvalue weighted by Gasteiger charge is -2.26. The number of aromatic nitrogens is 1. The van der Waals surface area contributed by atoms with Gasteiger partial charge in [0, 0.05) is 48.9 Å². The van der Waals surface area contributed by atoms with Crippen molar-refractivity contribution in [2.24, 2.45) is 0 Å². The van der Waals surface area contributed by atoms with Gasteiger partial charge in [0.25, 0.3) is 0 Å². The topological polar surface area (TPSA) is 8.17 Å². The van der Waals surface area contributed by atoms with Gasteiger partial charge in [-0.05, 0) is 98.1 Å². The largest absolute Gasteiger partial charge is 0.309 e. The van der Waals surface area contributed by atoms with Crippen molar-refractivity contribution in [2.45, 2.75) is 0 Å². The van der Waals surface area contributed by atoms with E-state index in [1.807, 2.05) is 11.3 Å². The van der Waals surface area contributed by atoms with E-state index in [-0.39, 0.29) is 0 Å². The lowest BCUT2D eigenvalue weighted by atomic mass is 9.92.